The maximum absolute atomic E-state index is 12.8. The minimum Gasteiger partial charge on any atom is -0.461 e. The molecule has 14 heteroatoms. The first-order chi connectivity index (χ1) is 15.5. The predicted molar refractivity (Wildman–Crippen MR) is 119 cm³/mol. The lowest BCUT2D eigenvalue weighted by atomic mass is 10.3. The Kier molecular flexibility index (Phi) is 7.15. The summed E-state index contributed by atoms with van der Waals surface area (Å²) >= 11 is 9.16. The van der Waals surface area contributed by atoms with Crippen molar-refractivity contribution in [3.05, 3.63) is 84.2 Å². The molecule has 1 heterocycles. The van der Waals surface area contributed by atoms with E-state index >= 15 is 0 Å². The zero-order valence-corrected chi connectivity index (χ0v) is 19.8. The predicted octanol–water partition coefficient (Wildman–Crippen LogP) is 3.50. The highest BCUT2D eigenvalue weighted by molar-refractivity contribution is 9.10. The third-order valence-electron chi connectivity index (χ3n) is 4.01. The fourth-order valence-corrected chi connectivity index (χ4v) is 4.41. The number of ether oxygens (including phenoxy) is 1. The number of nitro benzene ring substituents is 1. The molecular weight excluding hydrogens is 546 g/mol. The van der Waals surface area contributed by atoms with Crippen molar-refractivity contribution in [2.24, 2.45) is 0 Å². The van der Waals surface area contributed by atoms with Crippen molar-refractivity contribution in [3.8, 4) is 11.4 Å². The Morgan fingerprint density at radius 3 is 2.61 bits per heavy atom. The molecule has 0 aliphatic heterocycles. The van der Waals surface area contributed by atoms with E-state index in [1.165, 1.54) is 13.0 Å². The summed E-state index contributed by atoms with van der Waals surface area (Å²) in [7, 11) is -4.81. The fraction of sp³-hybridized carbons (Fsp3) is 0.105. The van der Waals surface area contributed by atoms with Crippen LogP contribution in [0.3, 0.4) is 0 Å². The highest BCUT2D eigenvalue weighted by Gasteiger charge is 2.28. The number of hydrogen-bond donors (Lipinski definition) is 0. The van der Waals surface area contributed by atoms with E-state index in [1.807, 2.05) is 0 Å². The van der Waals surface area contributed by atoms with Crippen LogP contribution in [0, 0.1) is 10.1 Å². The Balaban J connectivity index is 2.15. The first-order valence-corrected chi connectivity index (χ1v) is 11.6. The molecule has 0 spiro atoms. The normalized spacial score (nSPS) is 11.1. The van der Waals surface area contributed by atoms with Crippen LogP contribution < -0.4 is 9.74 Å². The van der Waals surface area contributed by atoms with Crippen LogP contribution in [0.2, 0.25) is 5.02 Å². The molecule has 3 rings (SSSR count). The van der Waals surface area contributed by atoms with Gasteiger partial charge < -0.3 is 8.92 Å². The molecule has 1 aromatic heterocycles. The Morgan fingerprint density at radius 2 is 1.97 bits per heavy atom. The first-order valence-electron chi connectivity index (χ1n) is 8.99. The van der Waals surface area contributed by atoms with Crippen LogP contribution in [0.1, 0.15) is 17.4 Å². The van der Waals surface area contributed by atoms with Gasteiger partial charge in [-0.05, 0) is 31.2 Å². The van der Waals surface area contributed by atoms with E-state index in [2.05, 4.69) is 21.0 Å². The van der Waals surface area contributed by atoms with Gasteiger partial charge in [0, 0.05) is 16.6 Å². The number of rotatable bonds is 7. The third kappa shape index (κ3) is 5.38. The van der Waals surface area contributed by atoms with Gasteiger partial charge >= 0.3 is 16.1 Å². The van der Waals surface area contributed by atoms with Crippen LogP contribution in [0.5, 0.6) is 5.75 Å². The molecule has 0 amide bonds. The first kappa shape index (κ1) is 24.4. The quantitative estimate of drug-likeness (QED) is 0.184. The van der Waals surface area contributed by atoms with E-state index < -0.39 is 48.6 Å². The summed E-state index contributed by atoms with van der Waals surface area (Å²) in [5.41, 5.74) is -1.72. The lowest BCUT2D eigenvalue weighted by molar-refractivity contribution is -0.385. The standard InChI is InChI=1S/C19H13BrClN3O8S/c1-2-31-19(26)18-15(10-17(25)23(22-18)12-5-3-4-11(20)8-12)32-33(29,30)16-9-13(24(27)28)6-7-14(16)21/h3-10H,2H2,1H3. The van der Waals surface area contributed by atoms with Crippen LogP contribution in [0.25, 0.3) is 5.69 Å². The van der Waals surface area contributed by atoms with Crippen molar-refractivity contribution in [3.63, 3.8) is 0 Å². The maximum Gasteiger partial charge on any atom is 0.362 e. The molecule has 0 aliphatic carbocycles. The van der Waals surface area contributed by atoms with E-state index in [0.29, 0.717) is 10.5 Å². The lowest BCUT2D eigenvalue weighted by Gasteiger charge is -2.13. The van der Waals surface area contributed by atoms with Crippen LogP contribution in [-0.2, 0) is 14.9 Å². The van der Waals surface area contributed by atoms with Gasteiger partial charge in [0.1, 0.15) is 4.90 Å². The van der Waals surface area contributed by atoms with Crippen LogP contribution in [0.15, 0.2) is 62.7 Å². The summed E-state index contributed by atoms with van der Waals surface area (Å²) in [6.45, 7) is 1.45. The highest BCUT2D eigenvalue weighted by Crippen LogP contribution is 2.29. The third-order valence-corrected chi connectivity index (χ3v) is 6.22. The summed E-state index contributed by atoms with van der Waals surface area (Å²) < 4.78 is 37.0. The number of esters is 1. The molecule has 11 nitrogen and oxygen atoms in total. The number of aromatic nitrogens is 2. The van der Waals surface area contributed by atoms with Crippen molar-refractivity contribution < 1.29 is 27.1 Å². The molecule has 0 saturated carbocycles. The van der Waals surface area contributed by atoms with Gasteiger partial charge in [0.05, 0.1) is 28.3 Å². The Hall–Kier alpha value is -3.29. The molecule has 33 heavy (non-hydrogen) atoms. The zero-order valence-electron chi connectivity index (χ0n) is 16.6. The number of nitrogens with zero attached hydrogens (tertiary/aromatic N) is 3. The molecule has 0 fully saturated rings. The monoisotopic (exact) mass is 557 g/mol. The van der Waals surface area contributed by atoms with E-state index in [4.69, 9.17) is 20.5 Å². The number of carbonyl (C=O) groups is 1. The summed E-state index contributed by atoms with van der Waals surface area (Å²) in [6.07, 6.45) is 0. The summed E-state index contributed by atoms with van der Waals surface area (Å²) in [4.78, 5) is 34.6. The van der Waals surface area contributed by atoms with Crippen molar-refractivity contribution in [1.29, 1.82) is 0 Å². The second-order valence-corrected chi connectivity index (χ2v) is 9.05. The molecule has 0 unspecified atom stereocenters. The molecule has 0 saturated heterocycles. The van der Waals surface area contributed by atoms with Crippen molar-refractivity contribution in [1.82, 2.24) is 9.78 Å². The molecule has 0 atom stereocenters. The smallest absolute Gasteiger partial charge is 0.362 e. The largest absolute Gasteiger partial charge is 0.461 e. The summed E-state index contributed by atoms with van der Waals surface area (Å²) in [5, 5.41) is 14.6. The van der Waals surface area contributed by atoms with Crippen LogP contribution in [0.4, 0.5) is 5.69 Å². The van der Waals surface area contributed by atoms with Gasteiger partial charge in [-0.1, -0.05) is 33.6 Å². The highest BCUT2D eigenvalue weighted by atomic mass is 79.9. The van der Waals surface area contributed by atoms with E-state index in [-0.39, 0.29) is 17.3 Å². The molecule has 2 aromatic carbocycles. The number of non-ortho nitro benzene ring substituents is 1. The Bertz CT molecular complexity index is 1420. The molecule has 0 radical (unpaired) electrons. The summed E-state index contributed by atoms with van der Waals surface area (Å²) in [5.74, 6) is -1.79. The Labute approximate surface area is 199 Å². The second-order valence-electron chi connectivity index (χ2n) is 6.22. The Morgan fingerprint density at radius 1 is 1.24 bits per heavy atom. The van der Waals surface area contributed by atoms with E-state index in [1.54, 1.807) is 18.2 Å². The number of hydrogen-bond acceptors (Lipinski definition) is 9. The van der Waals surface area contributed by atoms with Gasteiger partial charge in [0.25, 0.3) is 11.2 Å². The van der Waals surface area contributed by atoms with Gasteiger partial charge in [-0.15, -0.1) is 0 Å². The molecule has 3 aromatic rings. The van der Waals surface area contributed by atoms with Crippen LogP contribution in [-0.4, -0.2) is 35.7 Å². The summed E-state index contributed by atoms with van der Waals surface area (Å²) in [6, 6.07) is 9.85. The average Bonchev–Trinajstić information content (AvgIpc) is 2.73. The number of benzene rings is 2. The van der Waals surface area contributed by atoms with E-state index in [9.17, 15) is 28.1 Å². The number of nitro groups is 1. The topological polar surface area (TPSA) is 148 Å². The fourth-order valence-electron chi connectivity index (χ4n) is 2.60. The van der Waals surface area contributed by atoms with Crippen molar-refractivity contribution in [2.45, 2.75) is 11.8 Å². The van der Waals surface area contributed by atoms with Gasteiger partial charge in [0.15, 0.2) is 5.75 Å². The van der Waals surface area contributed by atoms with Gasteiger partial charge in [-0.25, -0.2) is 4.79 Å². The van der Waals surface area contributed by atoms with Gasteiger partial charge in [-0.3, -0.25) is 14.9 Å². The number of halogens is 2. The molecule has 0 N–H and O–H groups in total. The van der Waals surface area contributed by atoms with Gasteiger partial charge in [-0.2, -0.15) is 18.2 Å². The second kappa shape index (κ2) is 9.68. The molecule has 0 aliphatic rings. The van der Waals surface area contributed by atoms with Gasteiger partial charge in [0.2, 0.25) is 5.69 Å². The molecule has 0 bridgehead atoms. The SMILES string of the molecule is CCOC(=O)c1nn(-c2cccc(Br)c2)c(=O)cc1OS(=O)(=O)c1cc([N+](=O)[O-])ccc1Cl. The van der Waals surface area contributed by atoms with Crippen molar-refractivity contribution in [2.75, 3.05) is 6.61 Å². The van der Waals surface area contributed by atoms with E-state index in [0.717, 1.165) is 22.9 Å². The lowest BCUT2D eigenvalue weighted by Crippen LogP contribution is -2.26. The molecular formula is C19H13BrClN3O8S. The number of carbonyl (C=O) groups excluding carboxylic acids is 1. The van der Waals surface area contributed by atoms with Crippen molar-refractivity contribution >= 4 is 49.3 Å². The zero-order chi connectivity index (χ0) is 24.3. The minimum absolute atomic E-state index is 0.0700. The van der Waals surface area contributed by atoms with Crippen LogP contribution >= 0.6 is 27.5 Å². The minimum atomic E-state index is -4.81. The maximum atomic E-state index is 12.8. The average molecular weight is 559 g/mol. The molecule has 172 valence electrons.